The van der Waals surface area contributed by atoms with Crippen LogP contribution in [0.5, 0.6) is 0 Å². The number of carbonyl (C=O) groups is 3. The largest absolute Gasteiger partial charge is 0.356 e. The van der Waals surface area contributed by atoms with Crippen molar-refractivity contribution >= 4 is 39.3 Å². The Morgan fingerprint density at radius 1 is 1.03 bits per heavy atom. The Morgan fingerprint density at radius 3 is 2.54 bits per heavy atom. The summed E-state index contributed by atoms with van der Waals surface area (Å²) in [5, 5.41) is 5.68. The van der Waals surface area contributed by atoms with Gasteiger partial charge in [-0.1, -0.05) is 67.5 Å². The molecule has 0 saturated carbocycles. The average Bonchev–Trinajstić information content (AvgIpc) is 2.84. The molecular weight excluding hydrogens is 478 g/mol. The maximum absolute atomic E-state index is 12.3. The third-order valence-electron chi connectivity index (χ3n) is 5.38. The van der Waals surface area contributed by atoms with Gasteiger partial charge in [0.2, 0.25) is 11.8 Å². The van der Waals surface area contributed by atoms with E-state index in [0.717, 1.165) is 35.4 Å². The van der Waals surface area contributed by atoms with E-state index in [1.165, 1.54) is 0 Å². The van der Waals surface area contributed by atoms with Gasteiger partial charge < -0.3 is 5.32 Å². The molecule has 0 aliphatic rings. The van der Waals surface area contributed by atoms with Crippen LogP contribution in [0.15, 0.2) is 47.5 Å². The molecule has 0 aliphatic heterocycles. The van der Waals surface area contributed by atoms with E-state index < -0.39 is 5.91 Å². The van der Waals surface area contributed by atoms with Crippen molar-refractivity contribution in [1.82, 2.24) is 15.6 Å². The fourth-order valence-corrected chi connectivity index (χ4v) is 5.74. The number of aromatic nitrogens is 1. The summed E-state index contributed by atoms with van der Waals surface area (Å²) < 4.78 is 0. The molecule has 0 radical (unpaired) electrons. The third kappa shape index (κ3) is 11.3. The van der Waals surface area contributed by atoms with E-state index in [-0.39, 0.29) is 23.5 Å². The lowest BCUT2D eigenvalue weighted by molar-refractivity contribution is -0.121. The van der Waals surface area contributed by atoms with Gasteiger partial charge in [0.15, 0.2) is 0 Å². The summed E-state index contributed by atoms with van der Waals surface area (Å²) in [6, 6.07) is 11.3. The van der Waals surface area contributed by atoms with Gasteiger partial charge in [0.05, 0.1) is 6.42 Å². The second-order valence-corrected chi connectivity index (χ2v) is 11.6. The van der Waals surface area contributed by atoms with E-state index >= 15 is 0 Å². The Kier molecular flexibility index (Phi) is 12.9. The number of amides is 3. The van der Waals surface area contributed by atoms with Crippen molar-refractivity contribution in [2.75, 3.05) is 6.54 Å². The van der Waals surface area contributed by atoms with Crippen LogP contribution in [0.25, 0.3) is 0 Å². The average molecular weight is 516 g/mol. The molecule has 0 spiro atoms. The SMILES string of the molecule is CCc1cc(C(=O)NC(=O)CCC(C)SSc2ccccc2CC(=O)NCCCC(C)C)ccn1. The van der Waals surface area contributed by atoms with Gasteiger partial charge >= 0.3 is 0 Å². The fraction of sp³-hybridized carbons (Fsp3) is 0.481. The summed E-state index contributed by atoms with van der Waals surface area (Å²) in [6.45, 7) is 9.11. The zero-order chi connectivity index (χ0) is 25.6. The van der Waals surface area contributed by atoms with E-state index in [2.05, 4.69) is 36.4 Å². The van der Waals surface area contributed by atoms with E-state index in [1.807, 2.05) is 31.2 Å². The van der Waals surface area contributed by atoms with Gasteiger partial charge in [-0.15, -0.1) is 0 Å². The number of nitrogens with one attached hydrogen (secondary N) is 2. The Balaban J connectivity index is 1.75. The number of pyridine rings is 1. The molecule has 3 amide bonds. The minimum absolute atomic E-state index is 0.0430. The van der Waals surface area contributed by atoms with Crippen molar-refractivity contribution in [3.05, 3.63) is 59.4 Å². The summed E-state index contributed by atoms with van der Waals surface area (Å²) in [5.41, 5.74) is 2.27. The van der Waals surface area contributed by atoms with E-state index in [1.54, 1.807) is 39.9 Å². The lowest BCUT2D eigenvalue weighted by Gasteiger charge is -2.13. The molecule has 0 fully saturated rings. The van der Waals surface area contributed by atoms with Crippen LogP contribution in [0.3, 0.4) is 0 Å². The van der Waals surface area contributed by atoms with Crippen LogP contribution >= 0.6 is 21.6 Å². The zero-order valence-electron chi connectivity index (χ0n) is 21.1. The molecule has 0 saturated heterocycles. The highest BCUT2D eigenvalue weighted by Gasteiger charge is 2.14. The number of rotatable bonds is 14. The maximum atomic E-state index is 12.3. The van der Waals surface area contributed by atoms with Crippen LogP contribution in [0, 0.1) is 5.92 Å². The van der Waals surface area contributed by atoms with Crippen molar-refractivity contribution in [2.24, 2.45) is 5.92 Å². The van der Waals surface area contributed by atoms with E-state index in [0.29, 0.717) is 30.9 Å². The highest BCUT2D eigenvalue weighted by atomic mass is 33.1. The minimum atomic E-state index is -0.391. The first-order chi connectivity index (χ1) is 16.8. The summed E-state index contributed by atoms with van der Waals surface area (Å²) >= 11 is 0. The number of aryl methyl sites for hydroxylation is 1. The molecule has 1 heterocycles. The molecule has 1 aromatic carbocycles. The lowest BCUT2D eigenvalue weighted by Crippen LogP contribution is -2.30. The topological polar surface area (TPSA) is 88.2 Å². The van der Waals surface area contributed by atoms with Crippen LogP contribution in [0.4, 0.5) is 0 Å². The van der Waals surface area contributed by atoms with Crippen molar-refractivity contribution in [1.29, 1.82) is 0 Å². The molecular formula is C27H37N3O3S2. The number of nitrogens with zero attached hydrogens (tertiary/aromatic N) is 1. The summed E-state index contributed by atoms with van der Waals surface area (Å²) in [5.74, 6) is 0.0153. The predicted molar refractivity (Wildman–Crippen MR) is 145 cm³/mol. The van der Waals surface area contributed by atoms with Gasteiger partial charge in [0.1, 0.15) is 0 Å². The second kappa shape index (κ2) is 15.6. The number of hydrogen-bond donors (Lipinski definition) is 2. The molecule has 2 N–H and O–H groups in total. The summed E-state index contributed by atoms with van der Waals surface area (Å²) in [6.07, 6.45) is 5.69. The fourth-order valence-electron chi connectivity index (χ4n) is 3.30. The molecule has 35 heavy (non-hydrogen) atoms. The molecule has 8 heteroatoms. The molecule has 190 valence electrons. The normalized spacial score (nSPS) is 11.8. The first kappa shape index (κ1) is 28.9. The second-order valence-electron chi connectivity index (χ2n) is 8.97. The zero-order valence-corrected chi connectivity index (χ0v) is 22.8. The monoisotopic (exact) mass is 515 g/mol. The maximum Gasteiger partial charge on any atom is 0.257 e. The third-order valence-corrected chi connectivity index (χ3v) is 8.43. The van der Waals surface area contributed by atoms with Gasteiger partial charge in [-0.2, -0.15) is 0 Å². The smallest absolute Gasteiger partial charge is 0.257 e. The Labute approximate surface area is 217 Å². The van der Waals surface area contributed by atoms with Gasteiger partial charge in [-0.05, 0) is 55.4 Å². The number of hydrogen-bond acceptors (Lipinski definition) is 6. The van der Waals surface area contributed by atoms with E-state index in [9.17, 15) is 14.4 Å². The molecule has 2 rings (SSSR count). The summed E-state index contributed by atoms with van der Waals surface area (Å²) in [4.78, 5) is 42.2. The van der Waals surface area contributed by atoms with Crippen molar-refractivity contribution in [3.63, 3.8) is 0 Å². The van der Waals surface area contributed by atoms with Crippen molar-refractivity contribution < 1.29 is 14.4 Å². The molecule has 1 aromatic heterocycles. The number of imide groups is 1. The van der Waals surface area contributed by atoms with Crippen LogP contribution < -0.4 is 10.6 Å². The van der Waals surface area contributed by atoms with Crippen LogP contribution in [-0.4, -0.2) is 34.5 Å². The highest BCUT2D eigenvalue weighted by Crippen LogP contribution is 2.38. The lowest BCUT2D eigenvalue weighted by atomic mass is 10.1. The minimum Gasteiger partial charge on any atom is -0.356 e. The molecule has 1 atom stereocenters. The van der Waals surface area contributed by atoms with Crippen molar-refractivity contribution in [2.45, 2.75) is 76.4 Å². The Bertz CT molecular complexity index is 982. The van der Waals surface area contributed by atoms with Gasteiger partial charge in [0.25, 0.3) is 5.91 Å². The first-order valence-corrected chi connectivity index (χ1v) is 14.5. The van der Waals surface area contributed by atoms with Gasteiger partial charge in [-0.25, -0.2) is 0 Å². The van der Waals surface area contributed by atoms with Gasteiger partial charge in [0, 0.05) is 40.6 Å². The Hall–Kier alpha value is -2.32. The van der Waals surface area contributed by atoms with Crippen molar-refractivity contribution in [3.8, 4) is 0 Å². The number of carbonyl (C=O) groups excluding carboxylic acids is 3. The molecule has 2 aromatic rings. The van der Waals surface area contributed by atoms with Gasteiger partial charge in [-0.3, -0.25) is 24.7 Å². The Morgan fingerprint density at radius 2 is 1.80 bits per heavy atom. The molecule has 0 aliphatic carbocycles. The predicted octanol–water partition coefficient (Wildman–Crippen LogP) is 5.60. The van der Waals surface area contributed by atoms with Crippen LogP contribution in [0.2, 0.25) is 0 Å². The standard InChI is InChI=1S/C27H37N3O3S2/c1-5-23-17-22(14-16-28-23)27(33)30-25(31)13-12-20(4)34-35-24-11-7-6-10-21(24)18-26(32)29-15-8-9-19(2)3/h6-7,10-11,14,16-17,19-20H,5,8-9,12-13,15,18H2,1-4H3,(H,29,32)(H,30,31,33). The quantitative estimate of drug-likeness (QED) is 0.251. The molecule has 6 nitrogen and oxygen atoms in total. The van der Waals surface area contributed by atoms with Crippen LogP contribution in [-0.2, 0) is 22.4 Å². The number of benzene rings is 1. The summed E-state index contributed by atoms with van der Waals surface area (Å²) in [7, 11) is 3.30. The highest BCUT2D eigenvalue weighted by molar-refractivity contribution is 8.77. The molecule has 1 unspecified atom stereocenters. The van der Waals surface area contributed by atoms with Crippen LogP contribution in [0.1, 0.15) is 75.0 Å². The molecule has 0 bridgehead atoms. The first-order valence-electron chi connectivity index (χ1n) is 12.3. The van der Waals surface area contributed by atoms with E-state index in [4.69, 9.17) is 0 Å².